The van der Waals surface area contributed by atoms with Crippen LogP contribution in [0.3, 0.4) is 0 Å². The molecular weight excluding hydrogens is 350 g/mol. The van der Waals surface area contributed by atoms with Crippen LogP contribution < -0.4 is 10.2 Å². The van der Waals surface area contributed by atoms with E-state index in [1.165, 1.54) is 5.56 Å². The van der Waals surface area contributed by atoms with Crippen LogP contribution in [0.2, 0.25) is 0 Å². The number of carbonyl (C=O) groups excluding carboxylic acids is 1. The molecule has 0 amide bonds. The Morgan fingerprint density at radius 1 is 1.04 bits per heavy atom. The molecule has 2 aromatic rings. The molecule has 1 aromatic heterocycles. The third-order valence-electron chi connectivity index (χ3n) is 5.84. The highest BCUT2D eigenvalue weighted by Crippen LogP contribution is 2.35. The van der Waals surface area contributed by atoms with Crippen LogP contribution >= 0.6 is 0 Å². The molecule has 28 heavy (non-hydrogen) atoms. The second kappa shape index (κ2) is 8.27. The van der Waals surface area contributed by atoms with Gasteiger partial charge < -0.3 is 15.1 Å². The first kappa shape index (κ1) is 18.9. The molecule has 6 nitrogen and oxygen atoms in total. The van der Waals surface area contributed by atoms with Gasteiger partial charge in [0.25, 0.3) is 0 Å². The topological polar surface area (TPSA) is 61.4 Å². The van der Waals surface area contributed by atoms with Crippen molar-refractivity contribution in [2.75, 3.05) is 49.5 Å². The number of carbonyl (C=O) groups is 1. The summed E-state index contributed by atoms with van der Waals surface area (Å²) in [6, 6.07) is 10.3. The lowest BCUT2D eigenvalue weighted by Crippen LogP contribution is -2.47. The Balaban J connectivity index is 1.66. The van der Waals surface area contributed by atoms with Crippen molar-refractivity contribution in [1.82, 2.24) is 14.9 Å². The van der Waals surface area contributed by atoms with E-state index >= 15 is 0 Å². The smallest absolute Gasteiger partial charge is 0.227 e. The number of nitrogens with one attached hydrogen (secondary N) is 1. The van der Waals surface area contributed by atoms with Gasteiger partial charge in [-0.3, -0.25) is 4.79 Å². The van der Waals surface area contributed by atoms with Crippen LogP contribution in [0.25, 0.3) is 0 Å². The van der Waals surface area contributed by atoms with Crippen LogP contribution in [0.4, 0.5) is 11.8 Å². The summed E-state index contributed by atoms with van der Waals surface area (Å²) in [5.74, 6) is 1.80. The number of fused-ring (bicyclic) bond motifs is 1. The van der Waals surface area contributed by atoms with E-state index in [-0.39, 0.29) is 11.7 Å². The molecule has 1 aliphatic heterocycles. The highest BCUT2D eigenvalue weighted by atomic mass is 16.1. The lowest BCUT2D eigenvalue weighted by Gasteiger charge is -2.35. The molecule has 1 N–H and O–H groups in total. The summed E-state index contributed by atoms with van der Waals surface area (Å²) < 4.78 is 0. The summed E-state index contributed by atoms with van der Waals surface area (Å²) in [6.45, 7) is 9.95. The van der Waals surface area contributed by atoms with Crippen LogP contribution in [-0.2, 0) is 6.42 Å². The van der Waals surface area contributed by atoms with Gasteiger partial charge in [-0.05, 0) is 31.4 Å². The molecule has 2 aliphatic rings. The van der Waals surface area contributed by atoms with Gasteiger partial charge in [-0.25, -0.2) is 4.98 Å². The summed E-state index contributed by atoms with van der Waals surface area (Å²) in [5.41, 5.74) is 2.80. The SMILES string of the molecule is CCNc1nc(N2CCN(CC)CC2)nc2c1C(=O)C[C@@H](c1ccccc1)C2. The van der Waals surface area contributed by atoms with Gasteiger partial charge in [-0.15, -0.1) is 0 Å². The minimum absolute atomic E-state index is 0.147. The number of hydrogen-bond acceptors (Lipinski definition) is 6. The first-order valence-corrected chi connectivity index (χ1v) is 10.4. The minimum atomic E-state index is 0.147. The van der Waals surface area contributed by atoms with Crippen LogP contribution in [0.15, 0.2) is 30.3 Å². The Hall–Kier alpha value is -2.47. The molecule has 2 heterocycles. The molecule has 1 saturated heterocycles. The highest BCUT2D eigenvalue weighted by Gasteiger charge is 2.32. The van der Waals surface area contributed by atoms with Crippen molar-refractivity contribution in [3.05, 3.63) is 47.2 Å². The number of rotatable bonds is 5. The number of nitrogens with zero attached hydrogens (tertiary/aromatic N) is 4. The molecule has 1 fully saturated rings. The van der Waals surface area contributed by atoms with Crippen LogP contribution in [0.5, 0.6) is 0 Å². The number of Topliss-reactive ketones (excluding diaryl/α,β-unsaturated/α-hetero) is 1. The predicted molar refractivity (Wildman–Crippen MR) is 112 cm³/mol. The molecule has 0 saturated carbocycles. The van der Waals surface area contributed by atoms with Crippen LogP contribution in [0.1, 0.15) is 47.8 Å². The van der Waals surface area contributed by atoms with Crippen molar-refractivity contribution >= 4 is 17.5 Å². The Labute approximate surface area is 167 Å². The number of hydrogen-bond donors (Lipinski definition) is 1. The third kappa shape index (κ3) is 3.74. The maximum absolute atomic E-state index is 13.0. The van der Waals surface area contributed by atoms with Gasteiger partial charge in [-0.2, -0.15) is 4.98 Å². The zero-order valence-electron chi connectivity index (χ0n) is 16.8. The van der Waals surface area contributed by atoms with Gasteiger partial charge in [0, 0.05) is 39.1 Å². The Kier molecular flexibility index (Phi) is 5.57. The first-order valence-electron chi connectivity index (χ1n) is 10.4. The Bertz CT molecular complexity index is 830. The molecule has 1 atom stereocenters. The van der Waals surface area contributed by atoms with Gasteiger partial charge in [0.2, 0.25) is 5.95 Å². The normalized spacial score (nSPS) is 20.1. The van der Waals surface area contributed by atoms with Crippen LogP contribution in [-0.4, -0.2) is 59.9 Å². The number of piperazine rings is 1. The lowest BCUT2D eigenvalue weighted by atomic mass is 9.82. The zero-order valence-corrected chi connectivity index (χ0v) is 16.8. The number of benzene rings is 1. The fourth-order valence-corrected chi connectivity index (χ4v) is 4.23. The van der Waals surface area contributed by atoms with Gasteiger partial charge in [0.05, 0.1) is 11.3 Å². The van der Waals surface area contributed by atoms with Crippen molar-refractivity contribution in [2.24, 2.45) is 0 Å². The summed E-state index contributed by atoms with van der Waals surface area (Å²) in [4.78, 5) is 27.3. The molecule has 4 rings (SSSR count). The van der Waals surface area contributed by atoms with Crippen molar-refractivity contribution < 1.29 is 4.79 Å². The third-order valence-corrected chi connectivity index (χ3v) is 5.84. The van der Waals surface area contributed by atoms with E-state index in [9.17, 15) is 4.79 Å². The Morgan fingerprint density at radius 2 is 1.79 bits per heavy atom. The van der Waals surface area contributed by atoms with E-state index in [1.54, 1.807) is 0 Å². The number of anilines is 2. The monoisotopic (exact) mass is 379 g/mol. The van der Waals surface area contributed by atoms with E-state index in [4.69, 9.17) is 9.97 Å². The second-order valence-corrected chi connectivity index (χ2v) is 7.58. The number of likely N-dealkylation sites (N-methyl/N-ethyl adjacent to an activating group) is 1. The maximum Gasteiger partial charge on any atom is 0.227 e. The molecule has 1 aliphatic carbocycles. The summed E-state index contributed by atoms with van der Waals surface area (Å²) in [7, 11) is 0. The average Bonchev–Trinajstić information content (AvgIpc) is 2.74. The van der Waals surface area contributed by atoms with Gasteiger partial charge in [-0.1, -0.05) is 37.3 Å². The largest absolute Gasteiger partial charge is 0.370 e. The fourth-order valence-electron chi connectivity index (χ4n) is 4.23. The molecule has 0 radical (unpaired) electrons. The zero-order chi connectivity index (χ0) is 19.5. The van der Waals surface area contributed by atoms with E-state index in [1.807, 2.05) is 25.1 Å². The van der Waals surface area contributed by atoms with E-state index in [0.29, 0.717) is 17.8 Å². The number of ketones is 1. The van der Waals surface area contributed by atoms with E-state index < -0.39 is 0 Å². The van der Waals surface area contributed by atoms with Crippen LogP contribution in [0, 0.1) is 0 Å². The van der Waals surface area contributed by atoms with Crippen molar-refractivity contribution in [3.8, 4) is 0 Å². The molecule has 0 spiro atoms. The standard InChI is InChI=1S/C22H29N5O/c1-3-23-21-20-18(14-17(15-19(20)28)16-8-6-5-7-9-16)24-22(25-21)27-12-10-26(4-2)11-13-27/h5-9,17H,3-4,10-15H2,1-2H3,(H,23,24,25)/t17-/m0/s1. The highest BCUT2D eigenvalue weighted by molar-refractivity contribution is 6.03. The number of aromatic nitrogens is 2. The molecule has 0 unspecified atom stereocenters. The average molecular weight is 380 g/mol. The van der Waals surface area contributed by atoms with Crippen molar-refractivity contribution in [3.63, 3.8) is 0 Å². The van der Waals surface area contributed by atoms with Crippen molar-refractivity contribution in [2.45, 2.75) is 32.6 Å². The van der Waals surface area contributed by atoms with Gasteiger partial charge >= 0.3 is 0 Å². The first-order chi connectivity index (χ1) is 13.7. The summed E-state index contributed by atoms with van der Waals surface area (Å²) in [5, 5.41) is 3.31. The quantitative estimate of drug-likeness (QED) is 0.862. The summed E-state index contributed by atoms with van der Waals surface area (Å²) in [6.07, 6.45) is 1.31. The summed E-state index contributed by atoms with van der Waals surface area (Å²) >= 11 is 0. The van der Waals surface area contributed by atoms with Gasteiger partial charge in [0.15, 0.2) is 5.78 Å². The molecular formula is C22H29N5O. The van der Waals surface area contributed by atoms with E-state index in [2.05, 4.69) is 34.2 Å². The molecule has 148 valence electrons. The molecule has 6 heteroatoms. The van der Waals surface area contributed by atoms with Gasteiger partial charge in [0.1, 0.15) is 5.82 Å². The lowest BCUT2D eigenvalue weighted by molar-refractivity contribution is 0.0963. The molecule has 0 bridgehead atoms. The second-order valence-electron chi connectivity index (χ2n) is 7.58. The molecule has 1 aromatic carbocycles. The maximum atomic E-state index is 13.0. The fraction of sp³-hybridized carbons (Fsp3) is 0.500. The Morgan fingerprint density at radius 3 is 2.46 bits per heavy atom. The van der Waals surface area contributed by atoms with Crippen molar-refractivity contribution in [1.29, 1.82) is 0 Å². The minimum Gasteiger partial charge on any atom is -0.370 e. The van der Waals surface area contributed by atoms with E-state index in [0.717, 1.165) is 57.3 Å². The predicted octanol–water partition coefficient (Wildman–Crippen LogP) is 2.96.